The van der Waals surface area contributed by atoms with Gasteiger partial charge in [-0.2, -0.15) is 0 Å². The molecule has 2 aromatic heterocycles. The Morgan fingerprint density at radius 2 is 2.07 bits per heavy atom. The van der Waals surface area contributed by atoms with Crippen LogP contribution in [0.1, 0.15) is 16.8 Å². The number of rotatable bonds is 1. The fourth-order valence-electron chi connectivity index (χ4n) is 1.59. The molecule has 15 heavy (non-hydrogen) atoms. The highest BCUT2D eigenvalue weighted by atomic mass is 79.9. The van der Waals surface area contributed by atoms with Gasteiger partial charge in [-0.25, -0.2) is 9.97 Å². The lowest BCUT2D eigenvalue weighted by Gasteiger charge is -2.07. The van der Waals surface area contributed by atoms with Crippen LogP contribution in [0.4, 0.5) is 0 Å². The molecule has 0 aromatic carbocycles. The Kier molecular flexibility index (Phi) is 2.82. The molecule has 0 saturated heterocycles. The van der Waals surface area contributed by atoms with E-state index in [0.29, 0.717) is 0 Å². The van der Waals surface area contributed by atoms with Gasteiger partial charge in [0.1, 0.15) is 0 Å². The van der Waals surface area contributed by atoms with Crippen molar-refractivity contribution in [2.24, 2.45) is 0 Å². The summed E-state index contributed by atoms with van der Waals surface area (Å²) >= 11 is 3.27. The van der Waals surface area contributed by atoms with E-state index in [1.807, 2.05) is 17.1 Å². The molecule has 3 heteroatoms. The second-order valence-corrected chi connectivity index (χ2v) is 3.94. The smallest absolute Gasteiger partial charge is 0.160 e. The predicted octanol–water partition coefficient (Wildman–Crippen LogP) is 3.61. The van der Waals surface area contributed by atoms with Crippen LogP contribution in [0.25, 0.3) is 17.1 Å². The summed E-state index contributed by atoms with van der Waals surface area (Å²) in [5, 5.41) is 1.13. The van der Waals surface area contributed by atoms with Crippen LogP contribution >= 0.6 is 15.9 Å². The molecule has 2 aromatic rings. The average Bonchev–Trinajstić information content (AvgIpc) is 2.26. The number of halogens is 1. The Hall–Kier alpha value is -1.22. The van der Waals surface area contributed by atoms with E-state index < -0.39 is 0 Å². The number of aromatic nitrogens is 2. The zero-order valence-corrected chi connectivity index (χ0v) is 10.2. The minimum atomic E-state index is 0.807. The van der Waals surface area contributed by atoms with Gasteiger partial charge >= 0.3 is 0 Å². The molecule has 0 N–H and O–H groups in total. The summed E-state index contributed by atoms with van der Waals surface area (Å²) in [6, 6.07) is 4.00. The van der Waals surface area contributed by atoms with Gasteiger partial charge in [-0.05, 0) is 48.2 Å². The Balaban J connectivity index is 2.82. The molecule has 0 unspecified atom stereocenters. The van der Waals surface area contributed by atoms with Crippen molar-refractivity contribution in [1.29, 1.82) is 0 Å². The predicted molar refractivity (Wildman–Crippen MR) is 67.0 cm³/mol. The summed E-state index contributed by atoms with van der Waals surface area (Å²) in [6.07, 6.45) is 3.71. The fourth-order valence-corrected chi connectivity index (χ4v) is 1.84. The van der Waals surface area contributed by atoms with Crippen LogP contribution in [0.15, 0.2) is 23.3 Å². The van der Waals surface area contributed by atoms with Crippen LogP contribution < -0.4 is 0 Å². The molecule has 2 rings (SSSR count). The Labute approximate surface area is 97.2 Å². The van der Waals surface area contributed by atoms with Gasteiger partial charge in [-0.15, -0.1) is 0 Å². The summed E-state index contributed by atoms with van der Waals surface area (Å²) in [6.45, 7) is 4.18. The van der Waals surface area contributed by atoms with Crippen molar-refractivity contribution < 1.29 is 0 Å². The fraction of sp³-hybridized carbons (Fsp3) is 0.167. The summed E-state index contributed by atoms with van der Waals surface area (Å²) < 4.78 is 0. The van der Waals surface area contributed by atoms with E-state index >= 15 is 0 Å². The van der Waals surface area contributed by atoms with Gasteiger partial charge < -0.3 is 0 Å². The number of aryl methyl sites for hydroxylation is 1. The highest BCUT2D eigenvalue weighted by Crippen LogP contribution is 2.21. The molecule has 2 nitrogen and oxygen atoms in total. The molecule has 0 aliphatic carbocycles. The zero-order chi connectivity index (χ0) is 10.8. The maximum Gasteiger partial charge on any atom is 0.160 e. The molecular weight excluding hydrogens is 252 g/mol. The SMILES string of the molecule is Cc1c(C=CBr)nc2ncccc2c1C. The Morgan fingerprint density at radius 1 is 1.27 bits per heavy atom. The minimum absolute atomic E-state index is 0.807. The largest absolute Gasteiger partial charge is 0.237 e. The average molecular weight is 263 g/mol. The van der Waals surface area contributed by atoms with Crippen molar-refractivity contribution in [1.82, 2.24) is 9.97 Å². The summed E-state index contributed by atoms with van der Waals surface area (Å²) in [4.78, 5) is 10.6. The van der Waals surface area contributed by atoms with Gasteiger partial charge in [0.25, 0.3) is 0 Å². The molecule has 0 amide bonds. The molecule has 0 spiro atoms. The molecule has 0 fully saturated rings. The van der Waals surface area contributed by atoms with Gasteiger partial charge in [-0.3, -0.25) is 0 Å². The highest BCUT2D eigenvalue weighted by Gasteiger charge is 2.06. The second-order valence-electron chi connectivity index (χ2n) is 3.41. The van der Waals surface area contributed by atoms with Crippen molar-refractivity contribution in [2.75, 3.05) is 0 Å². The quantitative estimate of drug-likeness (QED) is 0.785. The molecule has 0 aliphatic heterocycles. The normalized spacial score (nSPS) is 11.4. The first kappa shape index (κ1) is 10.3. The molecule has 0 radical (unpaired) electrons. The summed E-state index contributed by atoms with van der Waals surface area (Å²) in [5.74, 6) is 0. The molecule has 0 atom stereocenters. The Bertz CT molecular complexity index is 532. The first-order valence-corrected chi connectivity index (χ1v) is 5.64. The Morgan fingerprint density at radius 3 is 2.80 bits per heavy atom. The number of pyridine rings is 2. The van der Waals surface area contributed by atoms with Crippen LogP contribution in [-0.4, -0.2) is 9.97 Å². The third-order valence-corrected chi connectivity index (χ3v) is 2.85. The first-order chi connectivity index (χ1) is 7.24. The van der Waals surface area contributed by atoms with E-state index in [0.717, 1.165) is 16.7 Å². The number of nitrogens with zero attached hydrogens (tertiary/aromatic N) is 2. The third-order valence-electron chi connectivity index (χ3n) is 2.58. The van der Waals surface area contributed by atoms with Gasteiger partial charge in [0.15, 0.2) is 5.65 Å². The van der Waals surface area contributed by atoms with Crippen LogP contribution in [-0.2, 0) is 0 Å². The highest BCUT2D eigenvalue weighted by molar-refractivity contribution is 9.11. The van der Waals surface area contributed by atoms with Crippen LogP contribution in [0, 0.1) is 13.8 Å². The monoisotopic (exact) mass is 262 g/mol. The van der Waals surface area contributed by atoms with E-state index in [9.17, 15) is 0 Å². The molecule has 76 valence electrons. The lowest BCUT2D eigenvalue weighted by Crippen LogP contribution is -1.95. The second kappa shape index (κ2) is 4.11. The van der Waals surface area contributed by atoms with Crippen molar-refractivity contribution in [3.05, 3.63) is 40.1 Å². The maximum absolute atomic E-state index is 4.50. The van der Waals surface area contributed by atoms with Crippen molar-refractivity contribution in [3.63, 3.8) is 0 Å². The zero-order valence-electron chi connectivity index (χ0n) is 8.66. The lowest BCUT2D eigenvalue weighted by atomic mass is 10.1. The molecule has 0 bridgehead atoms. The van der Waals surface area contributed by atoms with Gasteiger partial charge in [0.05, 0.1) is 5.69 Å². The van der Waals surface area contributed by atoms with Gasteiger partial charge in [0, 0.05) is 11.6 Å². The van der Waals surface area contributed by atoms with Crippen molar-refractivity contribution >= 4 is 33.0 Å². The number of hydrogen-bond donors (Lipinski definition) is 0. The third kappa shape index (κ3) is 1.79. The van der Waals surface area contributed by atoms with E-state index in [1.54, 1.807) is 6.20 Å². The number of fused-ring (bicyclic) bond motifs is 1. The van der Waals surface area contributed by atoms with Gasteiger partial charge in [0.2, 0.25) is 0 Å². The van der Waals surface area contributed by atoms with E-state index in [-0.39, 0.29) is 0 Å². The van der Waals surface area contributed by atoms with Crippen LogP contribution in [0.3, 0.4) is 0 Å². The summed E-state index contributed by atoms with van der Waals surface area (Å²) in [5.41, 5.74) is 4.22. The lowest BCUT2D eigenvalue weighted by molar-refractivity contribution is 1.20. The molecule has 2 heterocycles. The molecule has 0 saturated carbocycles. The van der Waals surface area contributed by atoms with Crippen molar-refractivity contribution in [3.8, 4) is 0 Å². The molecule has 0 aliphatic rings. The maximum atomic E-state index is 4.50. The van der Waals surface area contributed by atoms with Crippen molar-refractivity contribution in [2.45, 2.75) is 13.8 Å². The molecular formula is C12H11BrN2. The van der Waals surface area contributed by atoms with E-state index in [2.05, 4.69) is 45.8 Å². The van der Waals surface area contributed by atoms with E-state index in [1.165, 1.54) is 11.1 Å². The van der Waals surface area contributed by atoms with Crippen LogP contribution in [0.2, 0.25) is 0 Å². The van der Waals surface area contributed by atoms with Crippen LogP contribution in [0.5, 0.6) is 0 Å². The van der Waals surface area contributed by atoms with Gasteiger partial charge in [-0.1, -0.05) is 15.9 Å². The standard InChI is InChI=1S/C12H11BrN2/c1-8-9(2)11(5-6-13)15-12-10(8)4-3-7-14-12/h3-7H,1-2H3. The summed E-state index contributed by atoms with van der Waals surface area (Å²) in [7, 11) is 0. The topological polar surface area (TPSA) is 25.8 Å². The first-order valence-electron chi connectivity index (χ1n) is 4.72. The minimum Gasteiger partial charge on any atom is -0.237 e. The number of hydrogen-bond acceptors (Lipinski definition) is 2. The van der Waals surface area contributed by atoms with E-state index in [4.69, 9.17) is 0 Å².